The third-order valence-electron chi connectivity index (χ3n) is 3.71. The van der Waals surface area contributed by atoms with E-state index in [2.05, 4.69) is 10.6 Å². The zero-order valence-electron chi connectivity index (χ0n) is 10.6. The summed E-state index contributed by atoms with van der Waals surface area (Å²) in [6.07, 6.45) is 0.410. The van der Waals surface area contributed by atoms with Crippen LogP contribution in [0.15, 0.2) is 17.5 Å². The average molecular weight is 294 g/mol. The average Bonchev–Trinajstić information content (AvgIpc) is 3.11. The summed E-state index contributed by atoms with van der Waals surface area (Å²) in [6, 6.07) is 2.42. The van der Waals surface area contributed by atoms with Crippen LogP contribution in [0.4, 0.5) is 4.79 Å². The number of nitrogens with one attached hydrogen (secondary N) is 2. The second-order valence-electron chi connectivity index (χ2n) is 4.99. The van der Waals surface area contributed by atoms with Crippen LogP contribution < -0.4 is 16.4 Å². The quantitative estimate of drug-likeness (QED) is 0.643. The Labute approximate surface area is 119 Å². The van der Waals surface area contributed by atoms with Gasteiger partial charge in [-0.25, -0.2) is 4.79 Å². The Morgan fingerprint density at radius 3 is 2.90 bits per heavy atom. The van der Waals surface area contributed by atoms with Gasteiger partial charge in [0.25, 0.3) is 5.91 Å². The van der Waals surface area contributed by atoms with E-state index in [1.807, 2.05) is 17.5 Å². The van der Waals surface area contributed by atoms with E-state index in [1.165, 1.54) is 16.2 Å². The van der Waals surface area contributed by atoms with Crippen LogP contribution in [0.2, 0.25) is 0 Å². The molecule has 2 atom stereocenters. The molecule has 0 aromatic carbocycles. The molecule has 2 saturated heterocycles. The second-order valence-corrected chi connectivity index (χ2v) is 5.97. The standard InChI is InChI=1S/C12H14N4O3S/c13-8(7-2-1-5-20-7)9(17)16-4-3-12(6-16)10(18)14-11(19)15-12/h1-2,5,8H,3-4,6,13H2,(H2,14,15,18,19). The summed E-state index contributed by atoms with van der Waals surface area (Å²) >= 11 is 1.42. The lowest BCUT2D eigenvalue weighted by atomic mass is 9.99. The molecule has 4 N–H and O–H groups in total. The van der Waals surface area contributed by atoms with Gasteiger partial charge >= 0.3 is 6.03 Å². The molecule has 3 rings (SSSR count). The molecule has 3 heterocycles. The zero-order valence-corrected chi connectivity index (χ0v) is 11.4. The Bertz CT molecular complexity index is 573. The summed E-state index contributed by atoms with van der Waals surface area (Å²) in [5, 5.41) is 6.68. The van der Waals surface area contributed by atoms with Gasteiger partial charge < -0.3 is 16.0 Å². The summed E-state index contributed by atoms with van der Waals surface area (Å²) < 4.78 is 0. The fourth-order valence-corrected chi connectivity index (χ4v) is 3.32. The number of thiophene rings is 1. The number of carbonyl (C=O) groups is 3. The SMILES string of the molecule is NC(C(=O)N1CCC2(C1)NC(=O)NC2=O)c1cccs1. The van der Waals surface area contributed by atoms with Gasteiger partial charge in [0.05, 0.1) is 6.54 Å². The summed E-state index contributed by atoms with van der Waals surface area (Å²) in [4.78, 5) is 37.7. The highest BCUT2D eigenvalue weighted by atomic mass is 32.1. The predicted molar refractivity (Wildman–Crippen MR) is 71.8 cm³/mol. The first-order chi connectivity index (χ1) is 9.52. The Morgan fingerprint density at radius 1 is 1.50 bits per heavy atom. The zero-order chi connectivity index (χ0) is 14.3. The van der Waals surface area contributed by atoms with Crippen molar-refractivity contribution in [1.82, 2.24) is 15.5 Å². The highest BCUT2D eigenvalue weighted by Gasteiger charge is 2.52. The van der Waals surface area contributed by atoms with Gasteiger partial charge in [-0.1, -0.05) is 6.07 Å². The third kappa shape index (κ3) is 1.97. The molecule has 0 bridgehead atoms. The maximum atomic E-state index is 12.3. The van der Waals surface area contributed by atoms with Crippen molar-refractivity contribution in [2.75, 3.05) is 13.1 Å². The third-order valence-corrected chi connectivity index (χ3v) is 4.67. The molecule has 2 aliphatic rings. The monoisotopic (exact) mass is 294 g/mol. The van der Waals surface area contributed by atoms with Gasteiger partial charge in [-0.05, 0) is 17.9 Å². The number of imide groups is 1. The van der Waals surface area contributed by atoms with Crippen molar-refractivity contribution < 1.29 is 14.4 Å². The predicted octanol–water partition coefficient (Wildman–Crippen LogP) is -0.442. The first-order valence-corrected chi connectivity index (χ1v) is 7.11. The van der Waals surface area contributed by atoms with Gasteiger partial charge in [0.2, 0.25) is 5.91 Å². The minimum atomic E-state index is -0.984. The van der Waals surface area contributed by atoms with E-state index in [-0.39, 0.29) is 18.4 Å². The van der Waals surface area contributed by atoms with Gasteiger partial charge in [-0.15, -0.1) is 11.3 Å². The maximum Gasteiger partial charge on any atom is 0.322 e. The summed E-state index contributed by atoms with van der Waals surface area (Å²) in [7, 11) is 0. The Balaban J connectivity index is 1.73. The van der Waals surface area contributed by atoms with E-state index in [1.54, 1.807) is 0 Å². The topological polar surface area (TPSA) is 105 Å². The lowest BCUT2D eigenvalue weighted by Gasteiger charge is -2.23. The number of hydrogen-bond acceptors (Lipinski definition) is 5. The number of nitrogens with zero attached hydrogens (tertiary/aromatic N) is 1. The molecule has 106 valence electrons. The van der Waals surface area contributed by atoms with Crippen molar-refractivity contribution in [3.63, 3.8) is 0 Å². The van der Waals surface area contributed by atoms with Crippen molar-refractivity contribution in [3.8, 4) is 0 Å². The van der Waals surface area contributed by atoms with Crippen molar-refractivity contribution >= 4 is 29.2 Å². The highest BCUT2D eigenvalue weighted by Crippen LogP contribution is 2.27. The molecule has 1 aromatic heterocycles. The number of amides is 4. The molecular formula is C12H14N4O3S. The van der Waals surface area contributed by atoms with Gasteiger partial charge in [-0.2, -0.15) is 0 Å². The Hall–Kier alpha value is -1.93. The van der Waals surface area contributed by atoms with Crippen molar-refractivity contribution in [3.05, 3.63) is 22.4 Å². The number of carbonyl (C=O) groups excluding carboxylic acids is 3. The molecule has 2 aliphatic heterocycles. The van der Waals surface area contributed by atoms with Gasteiger partial charge in [0, 0.05) is 11.4 Å². The van der Waals surface area contributed by atoms with Crippen LogP contribution in [0.5, 0.6) is 0 Å². The van der Waals surface area contributed by atoms with Gasteiger partial charge in [-0.3, -0.25) is 14.9 Å². The lowest BCUT2D eigenvalue weighted by Crippen LogP contribution is -2.50. The molecular weight excluding hydrogens is 280 g/mol. The molecule has 2 fully saturated rings. The first-order valence-electron chi connectivity index (χ1n) is 6.23. The lowest BCUT2D eigenvalue weighted by molar-refractivity contribution is -0.132. The second kappa shape index (κ2) is 4.57. The Kier molecular flexibility index (Phi) is 2.98. The van der Waals surface area contributed by atoms with Crippen LogP contribution in [-0.4, -0.2) is 41.4 Å². The normalized spacial score (nSPS) is 26.8. The van der Waals surface area contributed by atoms with E-state index < -0.39 is 17.6 Å². The maximum absolute atomic E-state index is 12.3. The number of urea groups is 1. The fraction of sp³-hybridized carbons (Fsp3) is 0.417. The molecule has 0 aliphatic carbocycles. The van der Waals surface area contributed by atoms with Crippen molar-refractivity contribution in [1.29, 1.82) is 0 Å². The Morgan fingerprint density at radius 2 is 2.30 bits per heavy atom. The van der Waals surface area contributed by atoms with E-state index >= 15 is 0 Å². The van der Waals surface area contributed by atoms with E-state index in [0.717, 1.165) is 4.88 Å². The molecule has 7 nitrogen and oxygen atoms in total. The minimum Gasteiger partial charge on any atom is -0.338 e. The molecule has 4 amide bonds. The van der Waals surface area contributed by atoms with Crippen LogP contribution in [0.25, 0.3) is 0 Å². The first kappa shape index (κ1) is 13.1. The molecule has 8 heteroatoms. The summed E-state index contributed by atoms with van der Waals surface area (Å²) in [6.45, 7) is 0.577. The van der Waals surface area contributed by atoms with Crippen molar-refractivity contribution in [2.45, 2.75) is 18.0 Å². The van der Waals surface area contributed by atoms with Crippen LogP contribution in [0.1, 0.15) is 17.3 Å². The summed E-state index contributed by atoms with van der Waals surface area (Å²) in [5.74, 6) is -0.597. The van der Waals surface area contributed by atoms with Crippen LogP contribution in [0.3, 0.4) is 0 Å². The van der Waals surface area contributed by atoms with Crippen LogP contribution in [0, 0.1) is 0 Å². The minimum absolute atomic E-state index is 0.169. The van der Waals surface area contributed by atoms with Gasteiger partial charge in [0.15, 0.2) is 0 Å². The van der Waals surface area contributed by atoms with Crippen LogP contribution >= 0.6 is 11.3 Å². The summed E-state index contributed by atoms with van der Waals surface area (Å²) in [5.41, 5.74) is 4.96. The number of nitrogens with two attached hydrogens (primary N) is 1. The molecule has 1 aromatic rings. The molecule has 20 heavy (non-hydrogen) atoms. The number of rotatable bonds is 2. The van der Waals surface area contributed by atoms with Gasteiger partial charge in [0.1, 0.15) is 11.6 Å². The highest BCUT2D eigenvalue weighted by molar-refractivity contribution is 7.10. The molecule has 1 spiro atoms. The van der Waals surface area contributed by atoms with E-state index in [9.17, 15) is 14.4 Å². The van der Waals surface area contributed by atoms with E-state index in [0.29, 0.717) is 13.0 Å². The number of hydrogen-bond donors (Lipinski definition) is 3. The molecule has 2 unspecified atom stereocenters. The van der Waals surface area contributed by atoms with E-state index in [4.69, 9.17) is 5.73 Å². The largest absolute Gasteiger partial charge is 0.338 e. The fourth-order valence-electron chi connectivity index (χ4n) is 2.60. The number of likely N-dealkylation sites (tertiary alicyclic amines) is 1. The molecule has 0 saturated carbocycles. The van der Waals surface area contributed by atoms with Crippen LogP contribution in [-0.2, 0) is 9.59 Å². The van der Waals surface area contributed by atoms with Crippen molar-refractivity contribution in [2.24, 2.45) is 5.73 Å². The molecule has 0 radical (unpaired) electrons. The smallest absolute Gasteiger partial charge is 0.322 e.